The van der Waals surface area contributed by atoms with Crippen molar-refractivity contribution in [1.29, 1.82) is 0 Å². The van der Waals surface area contributed by atoms with Crippen molar-refractivity contribution >= 4 is 11.7 Å². The molecule has 1 saturated heterocycles. The van der Waals surface area contributed by atoms with Crippen LogP contribution in [0.1, 0.15) is 50.4 Å². The number of amides is 1. The molecular weight excluding hydrogens is 274 g/mol. The lowest BCUT2D eigenvalue weighted by atomic mass is 9.65. The van der Waals surface area contributed by atoms with Gasteiger partial charge in [0.25, 0.3) is 5.91 Å². The number of nitrogens with zero attached hydrogens (tertiary/aromatic N) is 3. The fourth-order valence-corrected chi connectivity index (χ4v) is 4.66. The smallest absolute Gasteiger partial charge is 0.254 e. The second-order valence-electron chi connectivity index (χ2n) is 8.44. The largest absolute Gasteiger partial charge is 0.363 e. The Bertz CT molecular complexity index is 596. The average molecular weight is 301 g/mol. The van der Waals surface area contributed by atoms with Crippen LogP contribution in [0.2, 0.25) is 0 Å². The maximum atomic E-state index is 13.0. The minimum atomic E-state index is 0.164. The molecule has 4 heteroatoms. The molecule has 2 aliphatic rings. The van der Waals surface area contributed by atoms with Crippen LogP contribution in [-0.2, 0) is 0 Å². The first-order valence-corrected chi connectivity index (χ1v) is 8.14. The molecule has 1 aliphatic carbocycles. The van der Waals surface area contributed by atoms with E-state index in [1.165, 1.54) is 6.42 Å². The first-order valence-electron chi connectivity index (χ1n) is 8.14. The van der Waals surface area contributed by atoms with E-state index >= 15 is 0 Å². The molecule has 0 radical (unpaired) electrons. The van der Waals surface area contributed by atoms with E-state index in [4.69, 9.17) is 0 Å². The normalized spacial score (nSPS) is 29.5. The van der Waals surface area contributed by atoms with Crippen LogP contribution < -0.4 is 4.90 Å². The third kappa shape index (κ3) is 2.71. The third-order valence-corrected chi connectivity index (χ3v) is 5.13. The number of pyridine rings is 1. The lowest BCUT2D eigenvalue weighted by molar-refractivity contribution is 0.0708. The summed E-state index contributed by atoms with van der Waals surface area (Å²) in [6.07, 6.45) is 5.20. The molecule has 4 nitrogen and oxygen atoms in total. The minimum absolute atomic E-state index is 0.164. The van der Waals surface area contributed by atoms with Crippen LogP contribution in [-0.4, -0.2) is 42.5 Å². The molecule has 3 rings (SSSR count). The molecular formula is C18H27N3O. The minimum Gasteiger partial charge on any atom is -0.363 e. The molecule has 120 valence electrons. The molecule has 0 N–H and O–H groups in total. The second kappa shape index (κ2) is 4.97. The molecule has 2 atom stereocenters. The van der Waals surface area contributed by atoms with Crippen molar-refractivity contribution in [3.63, 3.8) is 0 Å². The van der Waals surface area contributed by atoms with Gasteiger partial charge in [0.1, 0.15) is 5.82 Å². The molecule has 1 saturated carbocycles. The molecule has 1 aromatic rings. The number of rotatable bonds is 2. The van der Waals surface area contributed by atoms with Crippen molar-refractivity contribution in [2.75, 3.05) is 25.5 Å². The molecule has 2 fully saturated rings. The van der Waals surface area contributed by atoms with Crippen LogP contribution in [0, 0.1) is 10.8 Å². The van der Waals surface area contributed by atoms with Gasteiger partial charge >= 0.3 is 0 Å². The zero-order chi connectivity index (χ0) is 16.1. The predicted octanol–water partition coefficient (Wildman–Crippen LogP) is 3.19. The highest BCUT2D eigenvalue weighted by molar-refractivity contribution is 5.95. The number of anilines is 1. The van der Waals surface area contributed by atoms with E-state index in [9.17, 15) is 4.79 Å². The Hall–Kier alpha value is -1.58. The number of aromatic nitrogens is 1. The molecule has 0 aromatic carbocycles. The van der Waals surface area contributed by atoms with Gasteiger partial charge in [-0.15, -0.1) is 0 Å². The standard InChI is InChI=1S/C18H27N3O/c1-17(2)9-14-10-18(3,11-17)12-21(14)16(22)13-6-7-19-15(8-13)20(4)5/h6-8,14H,9-12H2,1-5H3. The Labute approximate surface area is 133 Å². The lowest BCUT2D eigenvalue weighted by Gasteiger charge is -2.39. The highest BCUT2D eigenvalue weighted by atomic mass is 16.2. The number of hydrogen-bond acceptors (Lipinski definition) is 3. The summed E-state index contributed by atoms with van der Waals surface area (Å²) < 4.78 is 0. The van der Waals surface area contributed by atoms with Crippen molar-refractivity contribution in [2.45, 2.75) is 46.1 Å². The van der Waals surface area contributed by atoms with Crippen LogP contribution in [0.3, 0.4) is 0 Å². The number of carbonyl (C=O) groups excluding carboxylic acids is 1. The van der Waals surface area contributed by atoms with Gasteiger partial charge < -0.3 is 9.80 Å². The predicted molar refractivity (Wildman–Crippen MR) is 89.1 cm³/mol. The van der Waals surface area contributed by atoms with Gasteiger partial charge in [0.15, 0.2) is 0 Å². The molecule has 22 heavy (non-hydrogen) atoms. The summed E-state index contributed by atoms with van der Waals surface area (Å²) in [4.78, 5) is 21.4. The summed E-state index contributed by atoms with van der Waals surface area (Å²) in [5, 5.41) is 0. The highest BCUT2D eigenvalue weighted by Crippen LogP contribution is 2.52. The van der Waals surface area contributed by atoms with Crippen LogP contribution in [0.25, 0.3) is 0 Å². The SMILES string of the molecule is CN(C)c1cc(C(=O)N2CC3(C)CC2CC(C)(C)C3)ccn1. The number of carbonyl (C=O) groups is 1. The van der Waals surface area contributed by atoms with Crippen molar-refractivity contribution in [2.24, 2.45) is 10.8 Å². The highest BCUT2D eigenvalue weighted by Gasteiger charge is 2.51. The monoisotopic (exact) mass is 301 g/mol. The Kier molecular flexibility index (Phi) is 3.46. The Morgan fingerprint density at radius 3 is 2.73 bits per heavy atom. The van der Waals surface area contributed by atoms with E-state index in [2.05, 4.69) is 30.7 Å². The molecule has 2 bridgehead atoms. The zero-order valence-corrected chi connectivity index (χ0v) is 14.4. The van der Waals surface area contributed by atoms with Gasteiger partial charge in [0.2, 0.25) is 0 Å². The van der Waals surface area contributed by atoms with Crippen molar-refractivity contribution in [3.05, 3.63) is 23.9 Å². The number of fused-ring (bicyclic) bond motifs is 2. The zero-order valence-electron chi connectivity index (χ0n) is 14.4. The summed E-state index contributed by atoms with van der Waals surface area (Å²) >= 11 is 0. The first kappa shape index (κ1) is 15.3. The van der Waals surface area contributed by atoms with E-state index in [0.29, 0.717) is 11.5 Å². The van der Waals surface area contributed by atoms with E-state index in [1.54, 1.807) is 6.20 Å². The fraction of sp³-hybridized carbons (Fsp3) is 0.667. The van der Waals surface area contributed by atoms with Gasteiger partial charge in [-0.1, -0.05) is 20.8 Å². The quantitative estimate of drug-likeness (QED) is 0.842. The van der Waals surface area contributed by atoms with E-state index < -0.39 is 0 Å². The van der Waals surface area contributed by atoms with Crippen LogP contribution >= 0.6 is 0 Å². The van der Waals surface area contributed by atoms with Crippen molar-refractivity contribution < 1.29 is 4.79 Å². The summed E-state index contributed by atoms with van der Waals surface area (Å²) in [5.41, 5.74) is 1.37. The molecule has 1 aromatic heterocycles. The molecule has 0 spiro atoms. The third-order valence-electron chi connectivity index (χ3n) is 5.13. The maximum absolute atomic E-state index is 13.0. The average Bonchev–Trinajstić information content (AvgIpc) is 2.67. The molecule has 2 heterocycles. The molecule has 2 unspecified atom stereocenters. The Morgan fingerprint density at radius 2 is 2.05 bits per heavy atom. The van der Waals surface area contributed by atoms with Gasteiger partial charge in [-0.25, -0.2) is 4.98 Å². The second-order valence-corrected chi connectivity index (χ2v) is 8.44. The van der Waals surface area contributed by atoms with Gasteiger partial charge in [-0.3, -0.25) is 4.79 Å². The van der Waals surface area contributed by atoms with Gasteiger partial charge in [0, 0.05) is 38.4 Å². The van der Waals surface area contributed by atoms with Gasteiger partial charge in [-0.05, 0) is 42.2 Å². The summed E-state index contributed by atoms with van der Waals surface area (Å²) in [6.45, 7) is 7.90. The Morgan fingerprint density at radius 1 is 1.32 bits per heavy atom. The Balaban J connectivity index is 1.86. The van der Waals surface area contributed by atoms with Crippen LogP contribution in [0.15, 0.2) is 18.3 Å². The van der Waals surface area contributed by atoms with Crippen molar-refractivity contribution in [3.8, 4) is 0 Å². The topological polar surface area (TPSA) is 36.4 Å². The maximum Gasteiger partial charge on any atom is 0.254 e. The van der Waals surface area contributed by atoms with Gasteiger partial charge in [-0.2, -0.15) is 0 Å². The van der Waals surface area contributed by atoms with Crippen LogP contribution in [0.5, 0.6) is 0 Å². The van der Waals surface area contributed by atoms with E-state index in [1.807, 2.05) is 31.1 Å². The lowest BCUT2D eigenvalue weighted by Crippen LogP contribution is -2.37. The van der Waals surface area contributed by atoms with E-state index in [0.717, 1.165) is 30.8 Å². The first-order chi connectivity index (χ1) is 10.2. The molecule has 1 amide bonds. The summed E-state index contributed by atoms with van der Waals surface area (Å²) in [6, 6.07) is 4.13. The van der Waals surface area contributed by atoms with Crippen LogP contribution in [0.4, 0.5) is 5.82 Å². The summed E-state index contributed by atoms with van der Waals surface area (Å²) in [5.74, 6) is 0.997. The van der Waals surface area contributed by atoms with Crippen molar-refractivity contribution in [1.82, 2.24) is 9.88 Å². The number of likely N-dealkylation sites (tertiary alicyclic amines) is 1. The summed E-state index contributed by atoms with van der Waals surface area (Å²) in [7, 11) is 3.89. The number of hydrogen-bond donors (Lipinski definition) is 0. The van der Waals surface area contributed by atoms with E-state index in [-0.39, 0.29) is 11.3 Å². The van der Waals surface area contributed by atoms with Gasteiger partial charge in [0.05, 0.1) is 0 Å². The molecule has 1 aliphatic heterocycles. The fourth-order valence-electron chi connectivity index (χ4n) is 4.66.